The zero-order valence-electron chi connectivity index (χ0n) is 16.6. The second-order valence-corrected chi connectivity index (χ2v) is 9.02. The first-order valence-corrected chi connectivity index (χ1v) is 10.7. The van der Waals surface area contributed by atoms with Gasteiger partial charge < -0.3 is 9.47 Å². The van der Waals surface area contributed by atoms with Gasteiger partial charge in [-0.25, -0.2) is 0 Å². The van der Waals surface area contributed by atoms with Gasteiger partial charge in [0, 0.05) is 43.0 Å². The van der Waals surface area contributed by atoms with Gasteiger partial charge in [0.25, 0.3) is 0 Å². The number of hydrogen-bond acceptors (Lipinski definition) is 4. The van der Waals surface area contributed by atoms with E-state index < -0.39 is 0 Å². The molecule has 0 N–H and O–H groups in total. The lowest BCUT2D eigenvalue weighted by Crippen LogP contribution is -2.74. The van der Waals surface area contributed by atoms with Crippen molar-refractivity contribution in [1.29, 1.82) is 0 Å². The molecule has 1 saturated heterocycles. The molecule has 1 aromatic carbocycles. The van der Waals surface area contributed by atoms with Crippen LogP contribution in [0.5, 0.6) is 5.75 Å². The molecule has 0 radical (unpaired) electrons. The molecule has 0 spiro atoms. The number of benzene rings is 1. The number of nitrogens with zero attached hydrogens (tertiary/aromatic N) is 1. The summed E-state index contributed by atoms with van der Waals surface area (Å²) in [6, 6.07) is 6.80. The molecule has 2 saturated carbocycles. The van der Waals surface area contributed by atoms with E-state index in [-0.39, 0.29) is 11.0 Å². The van der Waals surface area contributed by atoms with Gasteiger partial charge in [-0.1, -0.05) is 12.1 Å². The summed E-state index contributed by atoms with van der Waals surface area (Å²) < 4.78 is 12.5. The number of likely N-dealkylation sites (tertiary alicyclic amines) is 1. The van der Waals surface area contributed by atoms with Crippen molar-refractivity contribution in [3.8, 4) is 5.75 Å². The van der Waals surface area contributed by atoms with Crippen LogP contribution >= 0.6 is 0 Å². The van der Waals surface area contributed by atoms with E-state index in [4.69, 9.17) is 9.47 Å². The van der Waals surface area contributed by atoms with Crippen LogP contribution in [-0.2, 0) is 21.4 Å². The molecule has 4 nitrogen and oxygen atoms in total. The number of fused-ring (bicyclic) bond motifs is 1. The molecule has 3 atom stereocenters. The molecule has 0 amide bonds. The van der Waals surface area contributed by atoms with Crippen LogP contribution in [0.4, 0.5) is 0 Å². The molecule has 1 heterocycles. The molecule has 3 fully saturated rings. The summed E-state index contributed by atoms with van der Waals surface area (Å²) in [6.45, 7) is 5.08. The quantitative estimate of drug-likeness (QED) is 0.796. The van der Waals surface area contributed by atoms with Gasteiger partial charge in [-0.15, -0.1) is 0 Å². The normalized spacial score (nSPS) is 35.5. The monoisotopic (exact) mass is 369 g/mol. The van der Waals surface area contributed by atoms with E-state index in [1.165, 1.54) is 30.5 Å². The van der Waals surface area contributed by atoms with Crippen molar-refractivity contribution in [1.82, 2.24) is 4.90 Å². The zero-order valence-corrected chi connectivity index (χ0v) is 16.6. The fraction of sp³-hybridized carbons (Fsp3) is 0.696. The molecule has 2 bridgehead atoms. The molecule has 0 aromatic heterocycles. The Bertz CT molecular complexity index is 758. The van der Waals surface area contributed by atoms with Crippen molar-refractivity contribution in [2.24, 2.45) is 5.92 Å². The van der Waals surface area contributed by atoms with Crippen LogP contribution in [0.1, 0.15) is 56.6 Å². The number of carbonyl (C=O) groups excluding carboxylic acids is 1. The Morgan fingerprint density at radius 1 is 1.26 bits per heavy atom. The topological polar surface area (TPSA) is 38.8 Å². The Balaban J connectivity index is 1.70. The van der Waals surface area contributed by atoms with Gasteiger partial charge in [0.05, 0.1) is 12.7 Å². The van der Waals surface area contributed by atoms with E-state index in [1.54, 1.807) is 7.11 Å². The summed E-state index contributed by atoms with van der Waals surface area (Å²) in [7, 11) is 1.76. The molecule has 27 heavy (non-hydrogen) atoms. The minimum atomic E-state index is -0.259. The predicted octanol–water partition coefficient (Wildman–Crippen LogP) is 3.50. The highest BCUT2D eigenvalue weighted by Crippen LogP contribution is 2.61. The molecule has 3 aliphatic carbocycles. The van der Waals surface area contributed by atoms with Crippen molar-refractivity contribution in [3.63, 3.8) is 0 Å². The Morgan fingerprint density at radius 2 is 2.11 bits per heavy atom. The van der Waals surface area contributed by atoms with Gasteiger partial charge >= 0.3 is 0 Å². The number of Topliss-reactive ketones (excluding diaryl/α,β-unsaturated/α-hetero) is 1. The Morgan fingerprint density at radius 3 is 2.85 bits per heavy atom. The summed E-state index contributed by atoms with van der Waals surface area (Å²) in [4.78, 5) is 15.4. The first kappa shape index (κ1) is 17.7. The average molecular weight is 370 g/mol. The van der Waals surface area contributed by atoms with Crippen LogP contribution in [0.2, 0.25) is 0 Å². The van der Waals surface area contributed by atoms with Gasteiger partial charge in [-0.3, -0.25) is 9.69 Å². The van der Waals surface area contributed by atoms with Crippen LogP contribution in [0, 0.1) is 5.92 Å². The van der Waals surface area contributed by atoms with Crippen LogP contribution in [0.3, 0.4) is 0 Å². The summed E-state index contributed by atoms with van der Waals surface area (Å²) in [6.07, 6.45) is 6.86. The molecule has 146 valence electrons. The first-order chi connectivity index (χ1) is 13.1. The maximum atomic E-state index is 12.7. The number of methoxy groups -OCH3 is 1. The number of ketones is 1. The van der Waals surface area contributed by atoms with Crippen molar-refractivity contribution < 1.29 is 14.3 Å². The number of ether oxygens (including phenoxy) is 2. The second kappa shape index (κ2) is 6.31. The molecule has 4 heteroatoms. The molecule has 1 aliphatic heterocycles. The standard InChI is InChI=1S/C23H31NO3/c1-3-27-23-10-9-18(25)14-22(23)11-12-24(15-16-7-8-16)20(23)13-17-5-4-6-19(26-2)21(17)22/h4-6,16,20H,3,7-15H2,1-2H3/t20-,22-,23-/m1/s1. The molecule has 4 aliphatic rings. The smallest absolute Gasteiger partial charge is 0.134 e. The van der Waals surface area contributed by atoms with E-state index in [0.29, 0.717) is 31.3 Å². The second-order valence-electron chi connectivity index (χ2n) is 9.02. The Labute approximate surface area is 162 Å². The maximum Gasteiger partial charge on any atom is 0.134 e. The van der Waals surface area contributed by atoms with Crippen molar-refractivity contribution in [3.05, 3.63) is 29.3 Å². The van der Waals surface area contributed by atoms with E-state index in [2.05, 4.69) is 30.0 Å². The summed E-state index contributed by atoms with van der Waals surface area (Å²) >= 11 is 0. The highest BCUT2D eigenvalue weighted by atomic mass is 16.5. The Kier molecular flexibility index (Phi) is 4.14. The summed E-state index contributed by atoms with van der Waals surface area (Å²) in [5.41, 5.74) is 2.15. The van der Waals surface area contributed by atoms with E-state index in [0.717, 1.165) is 37.5 Å². The third-order valence-corrected chi connectivity index (χ3v) is 7.70. The van der Waals surface area contributed by atoms with Gasteiger partial charge in [-0.05, 0) is 63.1 Å². The number of hydrogen-bond donors (Lipinski definition) is 0. The molecule has 1 aromatic rings. The lowest BCUT2D eigenvalue weighted by Gasteiger charge is -2.65. The molecule has 5 rings (SSSR count). The van der Waals surface area contributed by atoms with Crippen LogP contribution in [0.15, 0.2) is 18.2 Å². The lowest BCUT2D eigenvalue weighted by molar-refractivity contribution is -0.198. The van der Waals surface area contributed by atoms with Crippen LogP contribution in [-0.4, -0.2) is 49.1 Å². The number of carbonyl (C=O) groups is 1. The van der Waals surface area contributed by atoms with Crippen molar-refractivity contribution in [2.45, 2.75) is 68.9 Å². The highest BCUT2D eigenvalue weighted by molar-refractivity contribution is 5.83. The fourth-order valence-corrected chi connectivity index (χ4v) is 6.51. The average Bonchev–Trinajstić information content (AvgIpc) is 3.48. The van der Waals surface area contributed by atoms with Gasteiger partial charge in [0.15, 0.2) is 0 Å². The summed E-state index contributed by atoms with van der Waals surface area (Å²) in [5.74, 6) is 2.20. The van der Waals surface area contributed by atoms with Crippen LogP contribution < -0.4 is 4.74 Å². The molecular weight excluding hydrogens is 338 g/mol. The predicted molar refractivity (Wildman–Crippen MR) is 104 cm³/mol. The minimum Gasteiger partial charge on any atom is -0.496 e. The lowest BCUT2D eigenvalue weighted by atomic mass is 9.49. The van der Waals surface area contributed by atoms with E-state index in [9.17, 15) is 4.79 Å². The third-order valence-electron chi connectivity index (χ3n) is 7.70. The zero-order chi connectivity index (χ0) is 18.6. The third kappa shape index (κ3) is 2.45. The fourth-order valence-electron chi connectivity index (χ4n) is 6.51. The SMILES string of the molecule is CCO[C@@]12CCC(=O)C[C@@]13CCN(CC1CC1)[C@@H]2Cc1cccc(OC)c13. The van der Waals surface area contributed by atoms with Gasteiger partial charge in [0.1, 0.15) is 11.5 Å². The number of rotatable bonds is 5. The van der Waals surface area contributed by atoms with Gasteiger partial charge in [0.2, 0.25) is 0 Å². The van der Waals surface area contributed by atoms with Gasteiger partial charge in [-0.2, -0.15) is 0 Å². The van der Waals surface area contributed by atoms with Crippen molar-refractivity contribution in [2.75, 3.05) is 26.8 Å². The summed E-state index contributed by atoms with van der Waals surface area (Å²) in [5, 5.41) is 0. The minimum absolute atomic E-state index is 0.233. The van der Waals surface area contributed by atoms with Crippen molar-refractivity contribution >= 4 is 5.78 Å². The highest BCUT2D eigenvalue weighted by Gasteiger charge is 2.67. The molecule has 0 unspecified atom stereocenters. The molecular formula is C23H31NO3. The number of piperidine rings is 1. The Hall–Kier alpha value is -1.39. The maximum absolute atomic E-state index is 12.7. The van der Waals surface area contributed by atoms with E-state index >= 15 is 0 Å². The van der Waals surface area contributed by atoms with E-state index in [1.807, 2.05) is 0 Å². The van der Waals surface area contributed by atoms with Crippen LogP contribution in [0.25, 0.3) is 0 Å². The first-order valence-electron chi connectivity index (χ1n) is 10.7. The largest absolute Gasteiger partial charge is 0.496 e.